The molecule has 1 aliphatic heterocycles. The number of sulfonamides is 1. The summed E-state index contributed by atoms with van der Waals surface area (Å²) in [6.07, 6.45) is -0.506. The summed E-state index contributed by atoms with van der Waals surface area (Å²) >= 11 is 0. The molecule has 0 radical (unpaired) electrons. The van der Waals surface area contributed by atoms with Crippen LogP contribution in [0.2, 0.25) is 0 Å². The molecule has 0 atom stereocenters. The van der Waals surface area contributed by atoms with E-state index in [4.69, 9.17) is 0 Å². The fourth-order valence-electron chi connectivity index (χ4n) is 1.48. The number of halogens is 2. The van der Waals surface area contributed by atoms with Crippen LogP contribution < -0.4 is 4.31 Å². The highest BCUT2D eigenvalue weighted by Gasteiger charge is 2.38. The predicted octanol–water partition coefficient (Wildman–Crippen LogP) is 0.0742. The van der Waals surface area contributed by atoms with Crippen LogP contribution in [-0.2, 0) is 10.0 Å². The Bertz CT molecular complexity index is 561. The van der Waals surface area contributed by atoms with Crippen molar-refractivity contribution in [3.05, 3.63) is 18.1 Å². The molecule has 0 fully saturated rings. The zero-order valence-corrected chi connectivity index (χ0v) is 9.19. The van der Waals surface area contributed by atoms with E-state index in [-0.39, 0.29) is 11.5 Å². The lowest BCUT2D eigenvalue weighted by Crippen LogP contribution is -2.44. The molecule has 2 heterocycles. The largest absolute Gasteiger partial charge is 0.291 e. The van der Waals surface area contributed by atoms with Crippen LogP contribution in [0, 0.1) is 0 Å². The molecule has 9 heteroatoms. The van der Waals surface area contributed by atoms with Crippen LogP contribution in [0.1, 0.15) is 10.5 Å². The molecule has 0 amide bonds. The van der Waals surface area contributed by atoms with Gasteiger partial charge in [-0.1, -0.05) is 0 Å². The van der Waals surface area contributed by atoms with E-state index in [1.807, 2.05) is 0 Å². The molecule has 0 N–H and O–H groups in total. The van der Waals surface area contributed by atoms with E-state index < -0.39 is 34.5 Å². The van der Waals surface area contributed by atoms with Crippen molar-refractivity contribution in [3.63, 3.8) is 0 Å². The van der Waals surface area contributed by atoms with Crippen LogP contribution in [0.15, 0.2) is 12.4 Å². The number of anilines is 1. The minimum atomic E-state index is -4.08. The average Bonchev–Trinajstić information content (AvgIpc) is 2.23. The Morgan fingerprint density at radius 2 is 2.00 bits per heavy atom. The van der Waals surface area contributed by atoms with E-state index in [0.29, 0.717) is 4.31 Å². The summed E-state index contributed by atoms with van der Waals surface area (Å²) in [6.45, 7) is -1.03. The summed E-state index contributed by atoms with van der Waals surface area (Å²) in [5.74, 6) is -1.92. The summed E-state index contributed by atoms with van der Waals surface area (Å²) in [4.78, 5) is 18.7. The highest BCUT2D eigenvalue weighted by atomic mass is 32.2. The third-order valence-electron chi connectivity index (χ3n) is 2.13. The second-order valence-electron chi connectivity index (χ2n) is 3.33. The standard InChI is InChI=1S/C8H7F2N3O3S/c9-6(10)3-13-8-7(11-1-2-12-8)5(14)4-17(13,15)16/h1-2,6H,3-4H2. The SMILES string of the molecule is O=C1CS(=O)(=O)N(CC(F)F)c2nccnc21. The van der Waals surface area contributed by atoms with Gasteiger partial charge in [0, 0.05) is 12.4 Å². The van der Waals surface area contributed by atoms with Crippen molar-refractivity contribution in [1.82, 2.24) is 9.97 Å². The van der Waals surface area contributed by atoms with Crippen molar-refractivity contribution in [2.24, 2.45) is 0 Å². The Kier molecular flexibility index (Phi) is 2.77. The minimum Gasteiger partial charge on any atom is -0.291 e. The van der Waals surface area contributed by atoms with Gasteiger partial charge in [0.25, 0.3) is 6.43 Å². The molecule has 0 aliphatic carbocycles. The Labute approximate surface area is 95.3 Å². The number of alkyl halides is 2. The summed E-state index contributed by atoms with van der Waals surface area (Å²) in [6, 6.07) is 0. The molecular formula is C8H7F2N3O3S. The van der Waals surface area contributed by atoms with E-state index in [1.165, 1.54) is 6.20 Å². The lowest BCUT2D eigenvalue weighted by atomic mass is 10.3. The first-order chi connectivity index (χ1) is 7.92. The van der Waals surface area contributed by atoms with Gasteiger partial charge in [0.05, 0.1) is 6.54 Å². The fraction of sp³-hybridized carbons (Fsp3) is 0.375. The normalized spacial score (nSPS) is 18.3. The molecule has 92 valence electrons. The van der Waals surface area contributed by atoms with E-state index >= 15 is 0 Å². The predicted molar refractivity (Wildman–Crippen MR) is 53.5 cm³/mol. The lowest BCUT2D eigenvalue weighted by Gasteiger charge is -2.27. The number of rotatable bonds is 2. The Morgan fingerprint density at radius 1 is 1.35 bits per heavy atom. The first-order valence-corrected chi connectivity index (χ1v) is 6.15. The zero-order valence-electron chi connectivity index (χ0n) is 8.38. The Balaban J connectivity index is 2.55. The van der Waals surface area contributed by atoms with E-state index in [9.17, 15) is 22.0 Å². The van der Waals surface area contributed by atoms with Crippen LogP contribution >= 0.6 is 0 Å². The molecule has 0 saturated carbocycles. The lowest BCUT2D eigenvalue weighted by molar-refractivity contribution is 0.101. The number of carbonyl (C=O) groups is 1. The molecule has 0 unspecified atom stereocenters. The molecule has 0 saturated heterocycles. The second kappa shape index (κ2) is 3.99. The van der Waals surface area contributed by atoms with Gasteiger partial charge in [0.1, 0.15) is 5.75 Å². The molecule has 1 aliphatic rings. The van der Waals surface area contributed by atoms with Gasteiger partial charge in [-0.2, -0.15) is 0 Å². The first-order valence-electron chi connectivity index (χ1n) is 4.54. The van der Waals surface area contributed by atoms with Crippen molar-refractivity contribution >= 4 is 21.6 Å². The van der Waals surface area contributed by atoms with Gasteiger partial charge >= 0.3 is 0 Å². The van der Waals surface area contributed by atoms with E-state index in [1.54, 1.807) is 0 Å². The molecule has 1 aromatic heterocycles. The van der Waals surface area contributed by atoms with Crippen LogP contribution in [0.25, 0.3) is 0 Å². The van der Waals surface area contributed by atoms with E-state index in [0.717, 1.165) is 6.20 Å². The molecule has 17 heavy (non-hydrogen) atoms. The molecule has 0 spiro atoms. The second-order valence-corrected chi connectivity index (χ2v) is 5.22. The number of Topliss-reactive ketones (excluding diaryl/α,β-unsaturated/α-hetero) is 1. The summed E-state index contributed by atoms with van der Waals surface area (Å²) in [5, 5.41) is 0. The Hall–Kier alpha value is -1.64. The molecular weight excluding hydrogens is 256 g/mol. The van der Waals surface area contributed by atoms with Gasteiger partial charge in [-0.05, 0) is 0 Å². The molecule has 6 nitrogen and oxygen atoms in total. The van der Waals surface area contributed by atoms with Gasteiger partial charge in [0.15, 0.2) is 11.5 Å². The third kappa shape index (κ3) is 2.09. The summed E-state index contributed by atoms with van der Waals surface area (Å²) in [5.41, 5.74) is -0.192. The summed E-state index contributed by atoms with van der Waals surface area (Å²) < 4.78 is 48.2. The number of hydrogen-bond donors (Lipinski definition) is 0. The van der Waals surface area contributed by atoms with Crippen LogP contribution in [-0.4, -0.2) is 42.9 Å². The number of ketones is 1. The van der Waals surface area contributed by atoms with Gasteiger partial charge in [-0.3, -0.25) is 4.79 Å². The van der Waals surface area contributed by atoms with Gasteiger partial charge in [0.2, 0.25) is 15.8 Å². The van der Waals surface area contributed by atoms with Gasteiger partial charge < -0.3 is 0 Å². The van der Waals surface area contributed by atoms with Crippen molar-refractivity contribution < 1.29 is 22.0 Å². The number of aromatic nitrogens is 2. The topological polar surface area (TPSA) is 80.2 Å². The maximum Gasteiger partial charge on any atom is 0.257 e. The summed E-state index contributed by atoms with van der Waals surface area (Å²) in [7, 11) is -4.08. The molecule has 1 aromatic rings. The number of carbonyl (C=O) groups excluding carboxylic acids is 1. The average molecular weight is 263 g/mol. The number of hydrogen-bond acceptors (Lipinski definition) is 5. The molecule has 0 bridgehead atoms. The highest BCUT2D eigenvalue weighted by molar-refractivity contribution is 7.93. The smallest absolute Gasteiger partial charge is 0.257 e. The maximum absolute atomic E-state index is 12.3. The van der Waals surface area contributed by atoms with Crippen LogP contribution in [0.4, 0.5) is 14.6 Å². The van der Waals surface area contributed by atoms with Crippen molar-refractivity contribution in [2.75, 3.05) is 16.6 Å². The van der Waals surface area contributed by atoms with Crippen molar-refractivity contribution in [3.8, 4) is 0 Å². The quantitative estimate of drug-likeness (QED) is 0.754. The molecule has 0 aromatic carbocycles. The van der Waals surface area contributed by atoms with Crippen LogP contribution in [0.3, 0.4) is 0 Å². The Morgan fingerprint density at radius 3 is 2.65 bits per heavy atom. The van der Waals surface area contributed by atoms with Gasteiger partial charge in [-0.15, -0.1) is 0 Å². The van der Waals surface area contributed by atoms with Gasteiger partial charge in [-0.25, -0.2) is 31.5 Å². The van der Waals surface area contributed by atoms with Crippen molar-refractivity contribution in [2.45, 2.75) is 6.43 Å². The zero-order chi connectivity index (χ0) is 12.6. The fourth-order valence-corrected chi connectivity index (χ4v) is 2.84. The maximum atomic E-state index is 12.3. The molecule has 2 rings (SSSR count). The van der Waals surface area contributed by atoms with Crippen molar-refractivity contribution in [1.29, 1.82) is 0 Å². The van der Waals surface area contributed by atoms with E-state index in [2.05, 4.69) is 9.97 Å². The number of nitrogens with zero attached hydrogens (tertiary/aromatic N) is 3. The number of fused-ring (bicyclic) bond motifs is 1. The monoisotopic (exact) mass is 263 g/mol. The van der Waals surface area contributed by atoms with Crippen LogP contribution in [0.5, 0.6) is 0 Å². The highest BCUT2D eigenvalue weighted by Crippen LogP contribution is 2.25. The third-order valence-corrected chi connectivity index (χ3v) is 3.75. The first kappa shape index (κ1) is 11.8. The minimum absolute atomic E-state index is 0.192.